The Hall–Kier alpha value is -2.48. The van der Waals surface area contributed by atoms with Crippen molar-refractivity contribution < 1.29 is 0 Å². The lowest BCUT2D eigenvalue weighted by Gasteiger charge is -2.36. The molecule has 4 heterocycles. The van der Waals surface area contributed by atoms with Crippen LogP contribution in [0.1, 0.15) is 18.7 Å². The SMILES string of the molecule is Clc1c(N2CCN(c3ncccn3)CC2)cnn2c(CC3CC3)nnc12. The van der Waals surface area contributed by atoms with Crippen molar-refractivity contribution >= 4 is 28.9 Å². The fourth-order valence-electron chi connectivity index (χ4n) is 3.38. The molecule has 1 aliphatic carbocycles. The summed E-state index contributed by atoms with van der Waals surface area (Å²) in [6, 6.07) is 1.83. The Morgan fingerprint density at radius 2 is 1.73 bits per heavy atom. The molecule has 9 heteroatoms. The first-order valence-electron chi connectivity index (χ1n) is 8.95. The molecule has 134 valence electrons. The number of nitrogens with zero attached hydrogens (tertiary/aromatic N) is 8. The van der Waals surface area contributed by atoms with Gasteiger partial charge in [0.2, 0.25) is 5.95 Å². The van der Waals surface area contributed by atoms with E-state index < -0.39 is 0 Å². The van der Waals surface area contributed by atoms with Crippen LogP contribution in [0.3, 0.4) is 0 Å². The molecule has 0 aromatic carbocycles. The van der Waals surface area contributed by atoms with Gasteiger partial charge in [-0.05, 0) is 24.8 Å². The lowest BCUT2D eigenvalue weighted by Crippen LogP contribution is -2.47. The number of halogens is 1. The van der Waals surface area contributed by atoms with E-state index in [2.05, 4.69) is 35.1 Å². The smallest absolute Gasteiger partial charge is 0.225 e. The molecule has 0 amide bonds. The fraction of sp³-hybridized carbons (Fsp3) is 0.471. The van der Waals surface area contributed by atoms with Crippen LogP contribution in [0.15, 0.2) is 24.7 Å². The zero-order valence-corrected chi connectivity index (χ0v) is 15.0. The van der Waals surface area contributed by atoms with E-state index in [0.717, 1.165) is 56.0 Å². The quantitative estimate of drug-likeness (QED) is 0.693. The molecule has 1 saturated carbocycles. The maximum absolute atomic E-state index is 6.65. The number of fused-ring (bicyclic) bond motifs is 1. The Kier molecular flexibility index (Phi) is 3.85. The van der Waals surface area contributed by atoms with E-state index in [-0.39, 0.29) is 0 Å². The molecule has 0 N–H and O–H groups in total. The number of piperazine rings is 1. The fourth-order valence-corrected chi connectivity index (χ4v) is 3.67. The third-order valence-corrected chi connectivity index (χ3v) is 5.41. The van der Waals surface area contributed by atoms with Gasteiger partial charge in [-0.15, -0.1) is 10.2 Å². The monoisotopic (exact) mass is 370 g/mol. The van der Waals surface area contributed by atoms with Crippen LogP contribution in [0.4, 0.5) is 11.6 Å². The summed E-state index contributed by atoms with van der Waals surface area (Å²) < 4.78 is 1.79. The number of rotatable bonds is 4. The molecule has 2 fully saturated rings. The molecular weight excluding hydrogens is 352 g/mol. The van der Waals surface area contributed by atoms with Crippen molar-refractivity contribution in [2.24, 2.45) is 5.92 Å². The van der Waals surface area contributed by atoms with Gasteiger partial charge in [0.05, 0.1) is 11.9 Å². The maximum Gasteiger partial charge on any atom is 0.225 e. The summed E-state index contributed by atoms with van der Waals surface area (Å²) in [5, 5.41) is 13.8. The summed E-state index contributed by atoms with van der Waals surface area (Å²) in [7, 11) is 0. The summed E-state index contributed by atoms with van der Waals surface area (Å²) in [6.45, 7) is 3.34. The molecule has 1 aliphatic heterocycles. The predicted molar refractivity (Wildman–Crippen MR) is 98.7 cm³/mol. The average Bonchev–Trinajstić information content (AvgIpc) is 3.42. The van der Waals surface area contributed by atoms with E-state index in [1.54, 1.807) is 16.9 Å². The Morgan fingerprint density at radius 3 is 2.46 bits per heavy atom. The Balaban J connectivity index is 1.35. The van der Waals surface area contributed by atoms with Gasteiger partial charge in [0.1, 0.15) is 5.02 Å². The molecule has 0 spiro atoms. The molecule has 2 aliphatic rings. The average molecular weight is 371 g/mol. The van der Waals surface area contributed by atoms with Gasteiger partial charge < -0.3 is 9.80 Å². The lowest BCUT2D eigenvalue weighted by atomic mass is 10.3. The molecule has 3 aromatic rings. The van der Waals surface area contributed by atoms with E-state index >= 15 is 0 Å². The summed E-state index contributed by atoms with van der Waals surface area (Å²) in [5.41, 5.74) is 1.56. The number of anilines is 2. The Morgan fingerprint density at radius 1 is 1.00 bits per heavy atom. The summed E-state index contributed by atoms with van der Waals surface area (Å²) in [4.78, 5) is 13.1. The largest absolute Gasteiger partial charge is 0.365 e. The molecule has 8 nitrogen and oxygen atoms in total. The Labute approximate surface area is 155 Å². The van der Waals surface area contributed by atoms with Gasteiger partial charge in [-0.3, -0.25) is 0 Å². The summed E-state index contributed by atoms with van der Waals surface area (Å²) >= 11 is 6.65. The van der Waals surface area contributed by atoms with Crippen molar-refractivity contribution in [2.75, 3.05) is 36.0 Å². The zero-order valence-electron chi connectivity index (χ0n) is 14.3. The first kappa shape index (κ1) is 15.7. The van der Waals surface area contributed by atoms with Crippen molar-refractivity contribution in [1.29, 1.82) is 0 Å². The number of aromatic nitrogens is 6. The summed E-state index contributed by atoms with van der Waals surface area (Å²) in [6.07, 6.45) is 8.86. The molecule has 0 radical (unpaired) electrons. The minimum atomic E-state index is 0.624. The van der Waals surface area contributed by atoms with Crippen LogP contribution in [-0.2, 0) is 6.42 Å². The van der Waals surface area contributed by atoms with E-state index in [4.69, 9.17) is 11.6 Å². The molecule has 3 aromatic heterocycles. The van der Waals surface area contributed by atoms with Crippen LogP contribution in [0.5, 0.6) is 0 Å². The predicted octanol–water partition coefficient (Wildman–Crippen LogP) is 1.85. The second kappa shape index (κ2) is 6.35. The van der Waals surface area contributed by atoms with Crippen molar-refractivity contribution in [3.63, 3.8) is 0 Å². The van der Waals surface area contributed by atoms with Crippen molar-refractivity contribution in [3.05, 3.63) is 35.5 Å². The molecule has 0 atom stereocenters. The second-order valence-electron chi connectivity index (χ2n) is 6.87. The standard InChI is InChI=1S/C17H19ClN8/c18-15-13(11-21-26-14(10-12-2-3-12)22-23-16(15)26)24-6-8-25(9-7-24)17-19-4-1-5-20-17/h1,4-5,11-12H,2-3,6-10H2. The van der Waals surface area contributed by atoms with Crippen LogP contribution in [0.25, 0.3) is 5.65 Å². The van der Waals surface area contributed by atoms with Crippen LogP contribution in [-0.4, -0.2) is 56.0 Å². The molecule has 0 unspecified atom stereocenters. The van der Waals surface area contributed by atoms with E-state index in [9.17, 15) is 0 Å². The minimum absolute atomic E-state index is 0.624. The topological polar surface area (TPSA) is 75.3 Å². The second-order valence-corrected chi connectivity index (χ2v) is 7.24. The van der Waals surface area contributed by atoms with Crippen LogP contribution >= 0.6 is 11.6 Å². The van der Waals surface area contributed by atoms with Gasteiger partial charge in [0.15, 0.2) is 11.5 Å². The number of hydrogen-bond acceptors (Lipinski definition) is 7. The maximum atomic E-state index is 6.65. The van der Waals surface area contributed by atoms with E-state index in [1.807, 2.05) is 12.3 Å². The normalized spacial score (nSPS) is 17.9. The van der Waals surface area contributed by atoms with Crippen LogP contribution in [0.2, 0.25) is 5.02 Å². The van der Waals surface area contributed by atoms with Crippen LogP contribution in [0, 0.1) is 5.92 Å². The van der Waals surface area contributed by atoms with E-state index in [1.165, 1.54) is 12.8 Å². The van der Waals surface area contributed by atoms with Gasteiger partial charge >= 0.3 is 0 Å². The van der Waals surface area contributed by atoms with E-state index in [0.29, 0.717) is 10.7 Å². The third-order valence-electron chi connectivity index (χ3n) is 5.05. The summed E-state index contributed by atoms with van der Waals surface area (Å²) in [5.74, 6) is 2.41. The van der Waals surface area contributed by atoms with Crippen molar-refractivity contribution in [3.8, 4) is 0 Å². The first-order chi connectivity index (χ1) is 12.8. The highest BCUT2D eigenvalue weighted by atomic mass is 35.5. The van der Waals surface area contributed by atoms with Gasteiger partial charge in [0, 0.05) is 45.0 Å². The van der Waals surface area contributed by atoms with Crippen LogP contribution < -0.4 is 9.80 Å². The lowest BCUT2D eigenvalue weighted by molar-refractivity contribution is 0.637. The molecular formula is C17H19ClN8. The zero-order chi connectivity index (χ0) is 17.5. The van der Waals surface area contributed by atoms with Gasteiger partial charge in [-0.1, -0.05) is 11.6 Å². The molecule has 5 rings (SSSR count). The molecule has 1 saturated heterocycles. The molecule has 26 heavy (non-hydrogen) atoms. The van der Waals surface area contributed by atoms with Gasteiger partial charge in [-0.25, -0.2) is 9.97 Å². The molecule has 0 bridgehead atoms. The van der Waals surface area contributed by atoms with Gasteiger partial charge in [0.25, 0.3) is 0 Å². The van der Waals surface area contributed by atoms with Crippen molar-refractivity contribution in [1.82, 2.24) is 29.8 Å². The minimum Gasteiger partial charge on any atom is -0.365 e. The highest BCUT2D eigenvalue weighted by Crippen LogP contribution is 2.33. The third kappa shape index (κ3) is 2.84. The van der Waals surface area contributed by atoms with Gasteiger partial charge in [-0.2, -0.15) is 9.61 Å². The Bertz CT molecular complexity index is 915. The highest BCUT2D eigenvalue weighted by Gasteiger charge is 2.26. The first-order valence-corrected chi connectivity index (χ1v) is 9.33. The van der Waals surface area contributed by atoms with Crippen molar-refractivity contribution in [2.45, 2.75) is 19.3 Å². The number of hydrogen-bond donors (Lipinski definition) is 0. The highest BCUT2D eigenvalue weighted by molar-refractivity contribution is 6.36.